The molecule has 0 saturated carbocycles. The molecule has 1 atom stereocenters. The molecule has 1 saturated heterocycles. The zero-order chi connectivity index (χ0) is 16.4. The third-order valence-corrected chi connectivity index (χ3v) is 3.73. The second kappa shape index (κ2) is 10.2. The minimum absolute atomic E-state index is 0.165. The van der Waals surface area contributed by atoms with Gasteiger partial charge in [0.05, 0.1) is 18.2 Å². The topological polar surface area (TPSA) is 55.8 Å². The Morgan fingerprint density at radius 2 is 2.05 bits per heavy atom. The number of rotatable bonds is 9. The van der Waals surface area contributed by atoms with Crippen molar-refractivity contribution in [3.8, 4) is 0 Å². The van der Waals surface area contributed by atoms with Crippen LogP contribution in [0, 0.1) is 0 Å². The molecule has 1 fully saturated rings. The molecule has 0 aromatic heterocycles. The molecule has 1 heterocycles. The van der Waals surface area contributed by atoms with Crippen LogP contribution in [0.3, 0.4) is 0 Å². The van der Waals surface area contributed by atoms with Crippen molar-refractivity contribution in [2.45, 2.75) is 45.1 Å². The Kier molecular flexibility index (Phi) is 8.51. The van der Waals surface area contributed by atoms with Crippen molar-refractivity contribution in [1.29, 1.82) is 0 Å². The Balaban J connectivity index is 2.41. The number of hydrogen-bond acceptors (Lipinski definition) is 4. The fourth-order valence-corrected chi connectivity index (χ4v) is 2.45. The molecule has 0 radical (unpaired) electrons. The van der Waals surface area contributed by atoms with Crippen molar-refractivity contribution < 1.29 is 19.1 Å². The second-order valence-corrected chi connectivity index (χ2v) is 5.37. The van der Waals surface area contributed by atoms with Crippen molar-refractivity contribution in [2.75, 3.05) is 26.4 Å². The summed E-state index contributed by atoms with van der Waals surface area (Å²) in [6.45, 7) is 11.3. The lowest BCUT2D eigenvalue weighted by Crippen LogP contribution is -2.45. The summed E-state index contributed by atoms with van der Waals surface area (Å²) in [4.78, 5) is 25.6. The summed E-state index contributed by atoms with van der Waals surface area (Å²) >= 11 is 0. The highest BCUT2D eigenvalue weighted by Gasteiger charge is 2.30. The summed E-state index contributed by atoms with van der Waals surface area (Å²) in [6, 6.07) is -0.284. The zero-order valence-electron chi connectivity index (χ0n) is 13.5. The highest BCUT2D eigenvalue weighted by atomic mass is 16.6. The van der Waals surface area contributed by atoms with E-state index < -0.39 is 5.97 Å². The predicted octanol–water partition coefficient (Wildman–Crippen LogP) is 2.47. The average molecular weight is 309 g/mol. The van der Waals surface area contributed by atoms with Gasteiger partial charge in [0.1, 0.15) is 6.61 Å². The van der Waals surface area contributed by atoms with Gasteiger partial charge in [0, 0.05) is 13.2 Å². The molecule has 0 aliphatic carbocycles. The molecule has 1 aliphatic heterocycles. The normalized spacial score (nSPS) is 17.9. The third-order valence-electron chi connectivity index (χ3n) is 3.73. The number of carbonyl (C=O) groups excluding carboxylic acids is 2. The Hall–Kier alpha value is -1.62. The largest absolute Gasteiger partial charge is 0.460 e. The van der Waals surface area contributed by atoms with Gasteiger partial charge in [-0.2, -0.15) is 0 Å². The van der Waals surface area contributed by atoms with E-state index in [9.17, 15) is 9.59 Å². The fraction of sp³-hybridized carbons (Fsp3) is 0.647. The summed E-state index contributed by atoms with van der Waals surface area (Å²) in [7, 11) is 0. The van der Waals surface area contributed by atoms with E-state index in [2.05, 4.69) is 20.1 Å². The number of esters is 1. The van der Waals surface area contributed by atoms with Crippen LogP contribution >= 0.6 is 0 Å². The van der Waals surface area contributed by atoms with Crippen molar-refractivity contribution in [3.63, 3.8) is 0 Å². The third kappa shape index (κ3) is 5.64. The Morgan fingerprint density at radius 1 is 1.27 bits per heavy atom. The van der Waals surface area contributed by atoms with Crippen LogP contribution in [-0.2, 0) is 19.1 Å². The van der Waals surface area contributed by atoms with Crippen LogP contribution in [0.15, 0.2) is 24.8 Å². The molecule has 1 rings (SSSR count). The zero-order valence-corrected chi connectivity index (χ0v) is 13.5. The highest BCUT2D eigenvalue weighted by molar-refractivity contribution is 5.92. The van der Waals surface area contributed by atoms with Gasteiger partial charge in [-0.15, -0.1) is 0 Å². The van der Waals surface area contributed by atoms with E-state index in [0.717, 1.165) is 32.1 Å². The molecule has 1 aliphatic rings. The van der Waals surface area contributed by atoms with Gasteiger partial charge in [-0.05, 0) is 31.8 Å². The maximum atomic E-state index is 12.0. The van der Waals surface area contributed by atoms with Crippen LogP contribution in [0.2, 0.25) is 0 Å². The smallest absolute Gasteiger partial charge is 0.335 e. The van der Waals surface area contributed by atoms with E-state index in [4.69, 9.17) is 9.47 Å². The number of amides is 1. The molecule has 124 valence electrons. The van der Waals surface area contributed by atoms with Gasteiger partial charge in [-0.25, -0.2) is 4.79 Å². The lowest BCUT2D eigenvalue weighted by molar-refractivity contribution is -0.142. The van der Waals surface area contributed by atoms with Crippen LogP contribution in [0.5, 0.6) is 0 Å². The predicted molar refractivity (Wildman–Crippen MR) is 85.4 cm³/mol. The van der Waals surface area contributed by atoms with Crippen molar-refractivity contribution in [1.82, 2.24) is 4.90 Å². The molecule has 0 aromatic rings. The van der Waals surface area contributed by atoms with Crippen LogP contribution in [0.4, 0.5) is 0 Å². The van der Waals surface area contributed by atoms with Gasteiger partial charge in [0.25, 0.3) is 0 Å². The maximum Gasteiger partial charge on any atom is 0.335 e. The van der Waals surface area contributed by atoms with Crippen molar-refractivity contribution in [2.24, 2.45) is 0 Å². The maximum absolute atomic E-state index is 12.0. The minimum Gasteiger partial charge on any atom is -0.460 e. The molecule has 0 bridgehead atoms. The first-order valence-corrected chi connectivity index (χ1v) is 7.98. The number of piperidine rings is 1. The van der Waals surface area contributed by atoms with Crippen LogP contribution in [0.25, 0.3) is 0 Å². The monoisotopic (exact) mass is 309 g/mol. The first-order chi connectivity index (χ1) is 10.6. The molecule has 22 heavy (non-hydrogen) atoms. The van der Waals surface area contributed by atoms with Gasteiger partial charge in [0.2, 0.25) is 5.91 Å². The van der Waals surface area contributed by atoms with Gasteiger partial charge in [0.15, 0.2) is 0 Å². The number of ether oxygens (including phenoxy) is 2. The summed E-state index contributed by atoms with van der Waals surface area (Å²) in [6.07, 6.45) is 5.99. The lowest BCUT2D eigenvalue weighted by atomic mass is 9.96. The van der Waals surface area contributed by atoms with Crippen molar-refractivity contribution in [3.05, 3.63) is 24.8 Å². The molecule has 1 amide bonds. The average Bonchev–Trinajstić information content (AvgIpc) is 2.56. The summed E-state index contributed by atoms with van der Waals surface area (Å²) < 4.78 is 10.5. The molecule has 5 nitrogen and oxygen atoms in total. The number of likely N-dealkylation sites (tertiary alicyclic amines) is 1. The van der Waals surface area contributed by atoms with Crippen LogP contribution < -0.4 is 0 Å². The standard InChI is InChI=1S/C17H27NO4/c1-4-6-11-21-12-13-22-17(20)14(3)15-9-7-8-10-18(15)16(19)5-2/h5,15H,2-4,6-13H2,1H3. The fourth-order valence-electron chi connectivity index (χ4n) is 2.45. The molecule has 0 N–H and O–H groups in total. The minimum atomic E-state index is -0.451. The molecule has 0 spiro atoms. The molecule has 5 heteroatoms. The second-order valence-electron chi connectivity index (χ2n) is 5.37. The summed E-state index contributed by atoms with van der Waals surface area (Å²) in [5, 5.41) is 0. The van der Waals surface area contributed by atoms with Gasteiger partial charge in [-0.1, -0.05) is 26.5 Å². The van der Waals surface area contributed by atoms with E-state index in [1.165, 1.54) is 6.08 Å². The first kappa shape index (κ1) is 18.4. The Labute approximate surface area is 133 Å². The van der Waals surface area contributed by atoms with E-state index >= 15 is 0 Å². The quantitative estimate of drug-likeness (QED) is 0.373. The summed E-state index contributed by atoms with van der Waals surface area (Å²) in [5.41, 5.74) is 0.337. The van der Waals surface area contributed by atoms with E-state index in [1.54, 1.807) is 4.90 Å². The highest BCUT2D eigenvalue weighted by Crippen LogP contribution is 2.23. The van der Waals surface area contributed by atoms with E-state index in [-0.39, 0.29) is 18.6 Å². The Bertz CT molecular complexity index is 405. The van der Waals surface area contributed by atoms with Crippen LogP contribution in [0.1, 0.15) is 39.0 Å². The molecular formula is C17H27NO4. The number of hydrogen-bond donors (Lipinski definition) is 0. The van der Waals surface area contributed by atoms with E-state index in [1.807, 2.05) is 0 Å². The Morgan fingerprint density at radius 3 is 2.73 bits per heavy atom. The van der Waals surface area contributed by atoms with E-state index in [0.29, 0.717) is 25.3 Å². The molecular weight excluding hydrogens is 282 g/mol. The first-order valence-electron chi connectivity index (χ1n) is 7.98. The van der Waals surface area contributed by atoms with Gasteiger partial charge in [-0.3, -0.25) is 4.79 Å². The van der Waals surface area contributed by atoms with Gasteiger partial charge >= 0.3 is 5.97 Å². The molecule has 0 aromatic carbocycles. The SMILES string of the molecule is C=CC(=O)N1CCCCC1C(=C)C(=O)OCCOCCCC. The number of nitrogens with zero attached hydrogens (tertiary/aromatic N) is 1. The van der Waals surface area contributed by atoms with Crippen molar-refractivity contribution >= 4 is 11.9 Å². The lowest BCUT2D eigenvalue weighted by Gasteiger charge is -2.35. The van der Waals surface area contributed by atoms with Gasteiger partial charge < -0.3 is 14.4 Å². The number of carbonyl (C=O) groups is 2. The summed E-state index contributed by atoms with van der Waals surface area (Å²) in [5.74, 6) is -0.616. The van der Waals surface area contributed by atoms with Crippen LogP contribution in [-0.4, -0.2) is 49.2 Å². The number of unbranched alkanes of at least 4 members (excludes halogenated alkanes) is 1. The molecule has 1 unspecified atom stereocenters.